The third-order valence-electron chi connectivity index (χ3n) is 6.79. The molecule has 2 aromatic rings. The van der Waals surface area contributed by atoms with Crippen LogP contribution in [0.25, 0.3) is 10.9 Å². The predicted octanol–water partition coefficient (Wildman–Crippen LogP) is 0.544. The van der Waals surface area contributed by atoms with Gasteiger partial charge in [-0.1, -0.05) is 52.3 Å². The van der Waals surface area contributed by atoms with E-state index in [0.29, 0.717) is 6.42 Å². The van der Waals surface area contributed by atoms with Crippen molar-refractivity contribution in [3.63, 3.8) is 0 Å². The molecule has 0 saturated carbocycles. The first kappa shape index (κ1) is 31.3. The zero-order valence-electron chi connectivity index (χ0n) is 22.8. The topological polar surface area (TPSA) is 209 Å². The maximum atomic E-state index is 13.3. The number of rotatable bonds is 15. The lowest BCUT2D eigenvalue weighted by Crippen LogP contribution is -2.59. The van der Waals surface area contributed by atoms with Crippen molar-refractivity contribution in [2.24, 2.45) is 23.3 Å². The molecule has 1 heterocycles. The van der Waals surface area contributed by atoms with E-state index in [4.69, 9.17) is 11.5 Å². The molecule has 0 spiro atoms. The van der Waals surface area contributed by atoms with Crippen LogP contribution in [-0.2, 0) is 30.4 Å². The molecule has 0 aliphatic rings. The molecule has 0 saturated heterocycles. The maximum absolute atomic E-state index is 13.3. The number of benzene rings is 1. The van der Waals surface area contributed by atoms with E-state index < -0.39 is 53.8 Å². The number of H-pyrrole nitrogens is 1. The van der Waals surface area contributed by atoms with Gasteiger partial charge < -0.3 is 37.5 Å². The summed E-state index contributed by atoms with van der Waals surface area (Å²) in [5.74, 6) is -4.57. The number of fused-ring (bicyclic) bond motifs is 1. The van der Waals surface area contributed by atoms with Gasteiger partial charge >= 0.3 is 5.97 Å². The molecular formula is C27H40N6O6. The first-order chi connectivity index (χ1) is 18.3. The fraction of sp³-hybridized carbons (Fsp3) is 0.519. The molecule has 214 valence electrons. The number of aromatic nitrogens is 1. The van der Waals surface area contributed by atoms with Crippen LogP contribution < -0.4 is 27.4 Å². The monoisotopic (exact) mass is 544 g/mol. The fourth-order valence-electron chi connectivity index (χ4n) is 4.18. The third-order valence-corrected chi connectivity index (χ3v) is 6.79. The average Bonchev–Trinajstić information content (AvgIpc) is 3.29. The van der Waals surface area contributed by atoms with Gasteiger partial charge in [0.2, 0.25) is 23.6 Å². The molecule has 0 aliphatic heterocycles. The first-order valence-corrected chi connectivity index (χ1v) is 13.1. The van der Waals surface area contributed by atoms with E-state index in [1.54, 1.807) is 27.0 Å². The largest absolute Gasteiger partial charge is 0.480 e. The first-order valence-electron chi connectivity index (χ1n) is 13.1. The third kappa shape index (κ3) is 8.81. The number of primary amides is 1. The van der Waals surface area contributed by atoms with Crippen LogP contribution in [0, 0.1) is 11.8 Å². The smallest absolute Gasteiger partial charge is 0.326 e. The van der Waals surface area contributed by atoms with E-state index >= 15 is 0 Å². The summed E-state index contributed by atoms with van der Waals surface area (Å²) in [4.78, 5) is 65.4. The maximum Gasteiger partial charge on any atom is 0.326 e. The summed E-state index contributed by atoms with van der Waals surface area (Å²) in [6.07, 6.45) is 2.18. The van der Waals surface area contributed by atoms with Crippen LogP contribution in [0.5, 0.6) is 0 Å². The van der Waals surface area contributed by atoms with E-state index in [1.807, 2.05) is 31.2 Å². The predicted molar refractivity (Wildman–Crippen MR) is 146 cm³/mol. The molecule has 12 nitrogen and oxygen atoms in total. The van der Waals surface area contributed by atoms with Crippen LogP contribution in [-0.4, -0.2) is 63.9 Å². The van der Waals surface area contributed by atoms with E-state index in [9.17, 15) is 29.1 Å². The Labute approximate surface area is 227 Å². The zero-order chi connectivity index (χ0) is 29.3. The number of para-hydroxylation sites is 1. The number of amides is 4. The van der Waals surface area contributed by atoms with Crippen LogP contribution in [0.15, 0.2) is 30.5 Å². The number of carbonyl (C=O) groups is 5. The summed E-state index contributed by atoms with van der Waals surface area (Å²) in [6, 6.07) is 3.16. The van der Waals surface area contributed by atoms with Crippen molar-refractivity contribution >= 4 is 40.5 Å². The lowest BCUT2D eigenvalue weighted by atomic mass is 9.96. The van der Waals surface area contributed by atoms with E-state index in [-0.39, 0.29) is 31.1 Å². The molecule has 5 unspecified atom stereocenters. The Balaban J connectivity index is 2.17. The van der Waals surface area contributed by atoms with E-state index in [0.717, 1.165) is 16.5 Å². The standard InChI is InChI=1S/C27H40N6O6/c1-5-15(4)23(26(37)32-22(14(2)3)27(38)39)33-25(36)20(10-11-21(29)34)31-24(35)18(28)12-16-13-30-19-9-7-6-8-17(16)19/h6-9,13-15,18,20,22-23,30H,5,10-12,28H2,1-4H3,(H2,29,34)(H,31,35)(H,32,37)(H,33,36)(H,38,39). The van der Waals surface area contributed by atoms with Gasteiger partial charge in [-0.3, -0.25) is 19.2 Å². The number of aliphatic carboxylic acids is 1. The van der Waals surface area contributed by atoms with Gasteiger partial charge in [-0.25, -0.2) is 4.79 Å². The molecule has 0 fully saturated rings. The molecule has 0 bridgehead atoms. The Morgan fingerprint density at radius 1 is 0.949 bits per heavy atom. The van der Waals surface area contributed by atoms with Crippen molar-refractivity contribution in [3.8, 4) is 0 Å². The average molecular weight is 545 g/mol. The number of nitrogens with one attached hydrogen (secondary N) is 4. The number of carbonyl (C=O) groups excluding carboxylic acids is 4. The van der Waals surface area contributed by atoms with Gasteiger partial charge in [0.25, 0.3) is 0 Å². The number of nitrogens with two attached hydrogens (primary N) is 2. The van der Waals surface area contributed by atoms with Gasteiger partial charge in [-0.05, 0) is 36.3 Å². The zero-order valence-corrected chi connectivity index (χ0v) is 22.8. The lowest BCUT2D eigenvalue weighted by Gasteiger charge is -2.28. The molecular weight excluding hydrogens is 504 g/mol. The molecule has 0 aliphatic carbocycles. The summed E-state index contributed by atoms with van der Waals surface area (Å²) in [7, 11) is 0. The Morgan fingerprint density at radius 2 is 1.59 bits per heavy atom. The van der Waals surface area contributed by atoms with Crippen LogP contribution in [0.4, 0.5) is 0 Å². The Morgan fingerprint density at radius 3 is 2.18 bits per heavy atom. The van der Waals surface area contributed by atoms with Crippen molar-refractivity contribution in [2.75, 3.05) is 0 Å². The van der Waals surface area contributed by atoms with Gasteiger partial charge in [-0.2, -0.15) is 0 Å². The molecule has 4 amide bonds. The summed E-state index contributed by atoms with van der Waals surface area (Å²) in [5, 5.41) is 18.1. The quantitative estimate of drug-likeness (QED) is 0.169. The van der Waals surface area contributed by atoms with E-state index in [1.165, 1.54) is 0 Å². The summed E-state index contributed by atoms with van der Waals surface area (Å²) in [6.45, 7) is 6.88. The van der Waals surface area contributed by atoms with E-state index in [2.05, 4.69) is 20.9 Å². The second-order valence-corrected chi connectivity index (χ2v) is 10.2. The summed E-state index contributed by atoms with van der Waals surface area (Å²) in [5.41, 5.74) is 13.2. The molecule has 1 aromatic heterocycles. The van der Waals surface area contributed by atoms with Crippen LogP contribution in [0.3, 0.4) is 0 Å². The van der Waals surface area contributed by atoms with Crippen molar-refractivity contribution in [1.82, 2.24) is 20.9 Å². The molecule has 5 atom stereocenters. The normalized spacial score (nSPS) is 15.1. The van der Waals surface area contributed by atoms with Crippen molar-refractivity contribution in [2.45, 2.75) is 77.5 Å². The highest BCUT2D eigenvalue weighted by atomic mass is 16.4. The second kappa shape index (κ2) is 14.3. The SMILES string of the molecule is CCC(C)C(NC(=O)C(CCC(N)=O)NC(=O)C(N)Cc1c[nH]c2ccccc12)C(=O)NC(C(=O)O)C(C)C. The minimum Gasteiger partial charge on any atom is -0.480 e. The van der Waals surface area contributed by atoms with Gasteiger partial charge in [0.05, 0.1) is 6.04 Å². The Bertz CT molecular complexity index is 1180. The molecule has 39 heavy (non-hydrogen) atoms. The number of hydrogen-bond donors (Lipinski definition) is 7. The second-order valence-electron chi connectivity index (χ2n) is 10.2. The minimum atomic E-state index is -1.20. The summed E-state index contributed by atoms with van der Waals surface area (Å²) >= 11 is 0. The van der Waals surface area contributed by atoms with Gasteiger partial charge in [-0.15, -0.1) is 0 Å². The van der Waals surface area contributed by atoms with Gasteiger partial charge in [0.1, 0.15) is 18.1 Å². The molecule has 12 heteroatoms. The molecule has 2 rings (SSSR count). The van der Waals surface area contributed by atoms with Crippen molar-refractivity contribution in [1.29, 1.82) is 0 Å². The number of carboxylic acid groups (broad SMARTS) is 1. The highest BCUT2D eigenvalue weighted by molar-refractivity contribution is 5.95. The molecule has 1 aromatic carbocycles. The molecule has 0 radical (unpaired) electrons. The van der Waals surface area contributed by atoms with Crippen LogP contribution >= 0.6 is 0 Å². The number of hydrogen-bond acceptors (Lipinski definition) is 6. The number of carboxylic acids is 1. The highest BCUT2D eigenvalue weighted by Crippen LogP contribution is 2.19. The summed E-state index contributed by atoms with van der Waals surface area (Å²) < 4.78 is 0. The highest BCUT2D eigenvalue weighted by Gasteiger charge is 2.33. The van der Waals surface area contributed by atoms with Crippen LogP contribution in [0.2, 0.25) is 0 Å². The van der Waals surface area contributed by atoms with Gasteiger partial charge in [0.15, 0.2) is 0 Å². The Hall–Kier alpha value is -3.93. The van der Waals surface area contributed by atoms with Crippen molar-refractivity contribution < 1.29 is 29.1 Å². The van der Waals surface area contributed by atoms with Gasteiger partial charge in [0, 0.05) is 23.5 Å². The minimum absolute atomic E-state index is 0.106. The lowest BCUT2D eigenvalue weighted by molar-refractivity contribution is -0.144. The molecule has 9 N–H and O–H groups in total. The fourth-order valence-corrected chi connectivity index (χ4v) is 4.18. The van der Waals surface area contributed by atoms with Crippen LogP contribution in [0.1, 0.15) is 52.5 Å². The number of aromatic amines is 1. The van der Waals surface area contributed by atoms with Crippen molar-refractivity contribution in [3.05, 3.63) is 36.0 Å². The Kier molecular flexibility index (Phi) is 11.5.